The number of hydrogen-bond acceptors (Lipinski definition) is 4. The molecule has 2 aromatic rings. The number of nitrogens with zero attached hydrogens (tertiary/aromatic N) is 2. The fourth-order valence-corrected chi connectivity index (χ4v) is 2.03. The molecule has 1 aromatic heterocycles. The van der Waals surface area contributed by atoms with E-state index in [1.54, 1.807) is 30.3 Å². The molecule has 5 nitrogen and oxygen atoms in total. The van der Waals surface area contributed by atoms with E-state index in [-0.39, 0.29) is 5.91 Å². The summed E-state index contributed by atoms with van der Waals surface area (Å²) in [6.45, 7) is 7.80. The van der Waals surface area contributed by atoms with Crippen molar-refractivity contribution in [3.63, 3.8) is 0 Å². The van der Waals surface area contributed by atoms with Gasteiger partial charge in [-0.2, -0.15) is 0 Å². The lowest BCUT2D eigenvalue weighted by Crippen LogP contribution is -2.16. The molecule has 2 N–H and O–H groups in total. The van der Waals surface area contributed by atoms with E-state index < -0.39 is 0 Å². The monoisotopic (exact) mass is 316 g/mol. The number of rotatable bonds is 5. The summed E-state index contributed by atoms with van der Waals surface area (Å²) in [7, 11) is 0. The lowest BCUT2D eigenvalue weighted by molar-refractivity contribution is 0.102. The summed E-state index contributed by atoms with van der Waals surface area (Å²) in [6, 6.07) is 6.99. The van der Waals surface area contributed by atoms with Gasteiger partial charge in [-0.3, -0.25) is 4.79 Å². The molecule has 1 aromatic carbocycles. The van der Waals surface area contributed by atoms with Gasteiger partial charge in [0.2, 0.25) is 5.95 Å². The van der Waals surface area contributed by atoms with Gasteiger partial charge >= 0.3 is 0 Å². The van der Waals surface area contributed by atoms with Gasteiger partial charge in [0.25, 0.3) is 5.91 Å². The van der Waals surface area contributed by atoms with Crippen molar-refractivity contribution < 1.29 is 4.79 Å². The van der Waals surface area contributed by atoms with Gasteiger partial charge in [0, 0.05) is 22.9 Å². The number of anilines is 2. The summed E-state index contributed by atoms with van der Waals surface area (Å²) < 4.78 is 0. The van der Waals surface area contributed by atoms with E-state index in [4.69, 9.17) is 11.6 Å². The maximum absolute atomic E-state index is 12.4. The summed E-state index contributed by atoms with van der Waals surface area (Å²) in [5.74, 6) is 0.0883. The Morgan fingerprint density at radius 2 is 2.14 bits per heavy atom. The Hall–Kier alpha value is -2.40. The van der Waals surface area contributed by atoms with Gasteiger partial charge in [0.15, 0.2) is 0 Å². The van der Waals surface area contributed by atoms with Gasteiger partial charge in [-0.1, -0.05) is 23.7 Å². The fourth-order valence-electron chi connectivity index (χ4n) is 1.86. The van der Waals surface area contributed by atoms with E-state index in [2.05, 4.69) is 27.2 Å². The molecule has 2 rings (SSSR count). The highest BCUT2D eigenvalue weighted by Crippen LogP contribution is 2.23. The number of benzene rings is 1. The lowest BCUT2D eigenvalue weighted by Gasteiger charge is -2.10. The second-order valence-electron chi connectivity index (χ2n) is 4.75. The minimum absolute atomic E-state index is 0.290. The highest BCUT2D eigenvalue weighted by Gasteiger charge is 2.12. The zero-order chi connectivity index (χ0) is 16.1. The van der Waals surface area contributed by atoms with Crippen LogP contribution in [0.3, 0.4) is 0 Å². The van der Waals surface area contributed by atoms with Crippen LogP contribution in [0.4, 0.5) is 11.6 Å². The molecule has 0 saturated heterocycles. The normalized spacial score (nSPS) is 10.1. The topological polar surface area (TPSA) is 66.9 Å². The molecule has 6 heteroatoms. The molecule has 0 radical (unpaired) electrons. The number of carbonyl (C=O) groups excluding carboxylic acids is 1. The molecule has 0 aliphatic heterocycles. The number of halogens is 1. The van der Waals surface area contributed by atoms with E-state index >= 15 is 0 Å². The molecule has 0 fully saturated rings. The van der Waals surface area contributed by atoms with Crippen molar-refractivity contribution in [2.24, 2.45) is 0 Å². The molecule has 0 spiro atoms. The van der Waals surface area contributed by atoms with Gasteiger partial charge in [0.05, 0.1) is 0 Å². The average molecular weight is 317 g/mol. The van der Waals surface area contributed by atoms with Crippen LogP contribution >= 0.6 is 11.6 Å². The second-order valence-corrected chi connectivity index (χ2v) is 5.16. The number of carbonyl (C=O) groups is 1. The minimum atomic E-state index is -0.308. The SMILES string of the molecule is C=CCNc1nc(C)cc(C(=O)Nc2cccc(Cl)c2C)n1. The van der Waals surface area contributed by atoms with Gasteiger partial charge in [-0.05, 0) is 37.6 Å². The molecular formula is C16H17ClN4O. The smallest absolute Gasteiger partial charge is 0.274 e. The van der Waals surface area contributed by atoms with Crippen LogP contribution in [0.5, 0.6) is 0 Å². The molecule has 114 valence electrons. The zero-order valence-corrected chi connectivity index (χ0v) is 13.2. The summed E-state index contributed by atoms with van der Waals surface area (Å²) in [5, 5.41) is 6.39. The quantitative estimate of drug-likeness (QED) is 0.827. The predicted octanol–water partition coefficient (Wildman–Crippen LogP) is 3.60. The standard InChI is InChI=1S/C16H17ClN4O/c1-4-8-18-16-19-10(2)9-14(21-16)15(22)20-13-7-5-6-12(17)11(13)3/h4-7,9H,1,8H2,2-3H3,(H,20,22)(H,18,19,21). The molecule has 0 unspecified atom stereocenters. The maximum Gasteiger partial charge on any atom is 0.274 e. The van der Waals surface area contributed by atoms with Crippen molar-refractivity contribution in [3.05, 3.63) is 58.9 Å². The van der Waals surface area contributed by atoms with Crippen LogP contribution in [0.15, 0.2) is 36.9 Å². The van der Waals surface area contributed by atoms with Crippen molar-refractivity contribution >= 4 is 29.1 Å². The van der Waals surface area contributed by atoms with E-state index in [0.29, 0.717) is 34.6 Å². The highest BCUT2D eigenvalue weighted by atomic mass is 35.5. The van der Waals surface area contributed by atoms with Gasteiger partial charge < -0.3 is 10.6 Å². The van der Waals surface area contributed by atoms with Crippen molar-refractivity contribution in [2.45, 2.75) is 13.8 Å². The van der Waals surface area contributed by atoms with Crippen LogP contribution in [-0.2, 0) is 0 Å². The van der Waals surface area contributed by atoms with E-state index in [0.717, 1.165) is 5.56 Å². The maximum atomic E-state index is 12.4. The van der Waals surface area contributed by atoms with Gasteiger partial charge in [-0.15, -0.1) is 6.58 Å². The van der Waals surface area contributed by atoms with E-state index in [1.165, 1.54) is 0 Å². The first kappa shape index (κ1) is 16.0. The third kappa shape index (κ3) is 3.83. The van der Waals surface area contributed by atoms with Crippen molar-refractivity contribution in [1.82, 2.24) is 9.97 Å². The fraction of sp³-hybridized carbons (Fsp3) is 0.188. The van der Waals surface area contributed by atoms with Crippen LogP contribution in [0.2, 0.25) is 5.02 Å². The molecule has 0 saturated carbocycles. The summed E-state index contributed by atoms with van der Waals surface area (Å²) >= 11 is 6.05. The Morgan fingerprint density at radius 1 is 1.36 bits per heavy atom. The Kier molecular flexibility index (Phi) is 5.12. The Balaban J connectivity index is 2.23. The Morgan fingerprint density at radius 3 is 2.86 bits per heavy atom. The molecule has 0 aliphatic rings. The number of nitrogens with one attached hydrogen (secondary N) is 2. The van der Waals surface area contributed by atoms with Gasteiger partial charge in [0.1, 0.15) is 5.69 Å². The molecule has 0 aliphatic carbocycles. The van der Waals surface area contributed by atoms with Crippen LogP contribution in [0, 0.1) is 13.8 Å². The van der Waals surface area contributed by atoms with Gasteiger partial charge in [-0.25, -0.2) is 9.97 Å². The number of amides is 1. The average Bonchev–Trinajstić information content (AvgIpc) is 2.49. The van der Waals surface area contributed by atoms with Crippen molar-refractivity contribution in [1.29, 1.82) is 0 Å². The van der Waals surface area contributed by atoms with Crippen molar-refractivity contribution in [3.8, 4) is 0 Å². The van der Waals surface area contributed by atoms with Crippen LogP contribution < -0.4 is 10.6 Å². The molecule has 22 heavy (non-hydrogen) atoms. The third-order valence-electron chi connectivity index (χ3n) is 3.01. The number of aromatic nitrogens is 2. The molecule has 1 amide bonds. The zero-order valence-electron chi connectivity index (χ0n) is 12.5. The molecule has 0 bridgehead atoms. The molecule has 1 heterocycles. The Bertz CT molecular complexity index is 715. The van der Waals surface area contributed by atoms with E-state index in [9.17, 15) is 4.79 Å². The summed E-state index contributed by atoms with van der Waals surface area (Å²) in [4.78, 5) is 20.8. The largest absolute Gasteiger partial charge is 0.351 e. The predicted molar refractivity (Wildman–Crippen MR) is 89.6 cm³/mol. The second kappa shape index (κ2) is 7.04. The molecular weight excluding hydrogens is 300 g/mol. The van der Waals surface area contributed by atoms with E-state index in [1.807, 2.05) is 13.8 Å². The van der Waals surface area contributed by atoms with Crippen molar-refractivity contribution in [2.75, 3.05) is 17.2 Å². The number of hydrogen-bond donors (Lipinski definition) is 2. The van der Waals surface area contributed by atoms with Crippen LogP contribution in [0.1, 0.15) is 21.7 Å². The third-order valence-corrected chi connectivity index (χ3v) is 3.42. The minimum Gasteiger partial charge on any atom is -0.351 e. The molecule has 0 atom stereocenters. The first-order chi connectivity index (χ1) is 10.5. The number of aryl methyl sites for hydroxylation is 1. The first-order valence-corrected chi connectivity index (χ1v) is 7.16. The first-order valence-electron chi connectivity index (χ1n) is 6.78. The van der Waals surface area contributed by atoms with Crippen LogP contribution in [-0.4, -0.2) is 22.4 Å². The highest BCUT2D eigenvalue weighted by molar-refractivity contribution is 6.31. The Labute approximate surface area is 134 Å². The van der Waals surface area contributed by atoms with Crippen LogP contribution in [0.25, 0.3) is 0 Å². The summed E-state index contributed by atoms with van der Waals surface area (Å²) in [6.07, 6.45) is 1.70. The lowest BCUT2D eigenvalue weighted by atomic mass is 10.2. The summed E-state index contributed by atoms with van der Waals surface area (Å²) in [5.41, 5.74) is 2.47.